The first-order chi connectivity index (χ1) is 12.8. The van der Waals surface area contributed by atoms with Crippen molar-refractivity contribution >= 4 is 22.3 Å². The van der Waals surface area contributed by atoms with Crippen LogP contribution in [-0.2, 0) is 13.1 Å². The van der Waals surface area contributed by atoms with Gasteiger partial charge in [-0.3, -0.25) is 0 Å². The second-order valence-electron chi connectivity index (χ2n) is 7.33. The molecule has 0 aliphatic rings. The lowest BCUT2D eigenvalue weighted by Crippen LogP contribution is -2.37. The third kappa shape index (κ3) is 4.05. The first-order valence-corrected chi connectivity index (χ1v) is 10.4. The summed E-state index contributed by atoms with van der Waals surface area (Å²) in [5.41, 5.74) is 4.08. The van der Waals surface area contributed by atoms with E-state index in [4.69, 9.17) is 9.97 Å². The van der Waals surface area contributed by atoms with Gasteiger partial charge >= 0.3 is 5.65 Å². The summed E-state index contributed by atoms with van der Waals surface area (Å²) in [5.74, 6) is 1.29. The molecule has 0 radical (unpaired) electrons. The maximum absolute atomic E-state index is 4.98. The first-order valence-electron chi connectivity index (χ1n) is 10.4. The van der Waals surface area contributed by atoms with Crippen LogP contribution in [0.5, 0.6) is 0 Å². The zero-order chi connectivity index (χ0) is 18.4. The molecule has 0 saturated carbocycles. The van der Waals surface area contributed by atoms with Crippen molar-refractivity contribution in [3.05, 3.63) is 30.1 Å². The lowest BCUT2D eigenvalue weighted by molar-refractivity contribution is -0.680. The normalized spacial score (nSPS) is 11.7. The molecular formula is C22H33N4+. The number of rotatable bonds is 10. The molecule has 4 heteroatoms. The number of aryl methyl sites for hydroxylation is 2. The Balaban J connectivity index is 1.97. The summed E-state index contributed by atoms with van der Waals surface area (Å²) < 4.78 is 4.79. The molecule has 0 aliphatic carbocycles. The number of imidazole rings is 1. The van der Waals surface area contributed by atoms with Crippen LogP contribution in [0, 0.1) is 6.92 Å². The van der Waals surface area contributed by atoms with Crippen LogP contribution < -0.4 is 4.57 Å². The molecule has 0 saturated heterocycles. The van der Waals surface area contributed by atoms with E-state index in [1.54, 1.807) is 0 Å². The Morgan fingerprint density at radius 2 is 1.50 bits per heavy atom. The summed E-state index contributed by atoms with van der Waals surface area (Å²) in [4.78, 5) is 9.96. The van der Waals surface area contributed by atoms with Gasteiger partial charge < -0.3 is 0 Å². The zero-order valence-electron chi connectivity index (χ0n) is 16.7. The van der Waals surface area contributed by atoms with Gasteiger partial charge in [0.25, 0.3) is 5.65 Å². The van der Waals surface area contributed by atoms with Gasteiger partial charge in [-0.05, 0) is 25.0 Å². The van der Waals surface area contributed by atoms with Gasteiger partial charge in [0.15, 0.2) is 5.52 Å². The highest BCUT2D eigenvalue weighted by Gasteiger charge is 2.23. The van der Waals surface area contributed by atoms with E-state index in [9.17, 15) is 0 Å². The molecule has 140 valence electrons. The number of fused-ring (bicyclic) bond motifs is 2. The van der Waals surface area contributed by atoms with Crippen LogP contribution in [0.1, 0.15) is 71.0 Å². The molecule has 1 aromatic carbocycles. The van der Waals surface area contributed by atoms with Crippen LogP contribution in [0.15, 0.2) is 24.3 Å². The standard InChI is InChI=1S/C22H33N4/c1-4-6-8-12-16-25-18(3)26(17-13-9-7-5-2)22-21(25)23-19-14-10-11-15-20(19)24-22/h10-11,14-15H,4-9,12-13,16-17H2,1-3H3/q+1. The fourth-order valence-corrected chi connectivity index (χ4v) is 3.72. The quantitative estimate of drug-likeness (QED) is 0.364. The Kier molecular flexibility index (Phi) is 6.59. The van der Waals surface area contributed by atoms with Gasteiger partial charge in [-0.25, -0.2) is 14.1 Å². The topological polar surface area (TPSA) is 34.6 Å². The molecule has 2 heterocycles. The second-order valence-corrected chi connectivity index (χ2v) is 7.33. The van der Waals surface area contributed by atoms with Gasteiger partial charge in [-0.2, -0.15) is 0 Å². The van der Waals surface area contributed by atoms with Crippen LogP contribution in [0.25, 0.3) is 22.3 Å². The van der Waals surface area contributed by atoms with E-state index >= 15 is 0 Å². The van der Waals surface area contributed by atoms with Crippen molar-refractivity contribution in [2.75, 3.05) is 0 Å². The molecule has 0 atom stereocenters. The van der Waals surface area contributed by atoms with Crippen LogP contribution in [0.3, 0.4) is 0 Å². The Bertz CT molecular complexity index is 782. The number of nitrogens with zero attached hydrogens (tertiary/aromatic N) is 4. The van der Waals surface area contributed by atoms with Crippen molar-refractivity contribution in [1.29, 1.82) is 0 Å². The maximum atomic E-state index is 4.98. The summed E-state index contributed by atoms with van der Waals surface area (Å²) in [7, 11) is 0. The van der Waals surface area contributed by atoms with Crippen molar-refractivity contribution in [1.82, 2.24) is 14.5 Å². The van der Waals surface area contributed by atoms with Crippen molar-refractivity contribution in [3.63, 3.8) is 0 Å². The summed E-state index contributed by atoms with van der Waals surface area (Å²) in [6.45, 7) is 8.83. The van der Waals surface area contributed by atoms with Crippen molar-refractivity contribution in [3.8, 4) is 0 Å². The zero-order valence-corrected chi connectivity index (χ0v) is 16.7. The van der Waals surface area contributed by atoms with Gasteiger partial charge in [0.05, 0.1) is 13.1 Å². The van der Waals surface area contributed by atoms with E-state index in [0.717, 1.165) is 35.4 Å². The van der Waals surface area contributed by atoms with Crippen LogP contribution in [0.4, 0.5) is 0 Å². The minimum Gasteiger partial charge on any atom is -0.242 e. The highest BCUT2D eigenvalue weighted by Crippen LogP contribution is 2.18. The Morgan fingerprint density at radius 3 is 2.19 bits per heavy atom. The summed E-state index contributed by atoms with van der Waals surface area (Å²) in [5, 5.41) is 0. The van der Waals surface area contributed by atoms with Gasteiger partial charge in [0.1, 0.15) is 5.52 Å². The number of para-hydroxylation sites is 2. The predicted molar refractivity (Wildman–Crippen MR) is 108 cm³/mol. The number of aromatic nitrogens is 4. The Hall–Kier alpha value is -1.97. The molecule has 2 aromatic heterocycles. The van der Waals surface area contributed by atoms with Crippen molar-refractivity contribution in [2.45, 2.75) is 85.2 Å². The molecule has 0 bridgehead atoms. The Morgan fingerprint density at radius 1 is 0.846 bits per heavy atom. The molecule has 3 aromatic rings. The minimum atomic E-state index is 0.991. The smallest absolute Gasteiger partial charge is 0.242 e. The van der Waals surface area contributed by atoms with E-state index < -0.39 is 0 Å². The van der Waals surface area contributed by atoms with Gasteiger partial charge in [0.2, 0.25) is 5.82 Å². The van der Waals surface area contributed by atoms with Gasteiger partial charge in [-0.1, -0.05) is 69.5 Å². The fourth-order valence-electron chi connectivity index (χ4n) is 3.72. The van der Waals surface area contributed by atoms with E-state index in [2.05, 4.69) is 42.0 Å². The number of benzene rings is 1. The molecule has 0 aliphatic heterocycles. The van der Waals surface area contributed by atoms with Crippen molar-refractivity contribution in [2.24, 2.45) is 0 Å². The fraction of sp³-hybridized carbons (Fsp3) is 0.591. The van der Waals surface area contributed by atoms with Crippen LogP contribution in [0.2, 0.25) is 0 Å². The highest BCUT2D eigenvalue weighted by molar-refractivity contribution is 5.81. The van der Waals surface area contributed by atoms with E-state index in [-0.39, 0.29) is 0 Å². The molecule has 0 N–H and O–H groups in total. The average Bonchev–Trinajstić information content (AvgIpc) is 2.91. The lowest BCUT2D eigenvalue weighted by Gasteiger charge is -2.03. The predicted octanol–water partition coefficient (Wildman–Crippen LogP) is 5.34. The number of unbranched alkanes of at least 4 members (excludes halogenated alkanes) is 6. The number of hydrogen-bond donors (Lipinski definition) is 0. The average molecular weight is 354 g/mol. The van der Waals surface area contributed by atoms with E-state index in [0.29, 0.717) is 0 Å². The summed E-state index contributed by atoms with van der Waals surface area (Å²) >= 11 is 0. The minimum absolute atomic E-state index is 0.991. The third-order valence-corrected chi connectivity index (χ3v) is 5.30. The van der Waals surface area contributed by atoms with Crippen LogP contribution >= 0.6 is 0 Å². The number of hydrogen-bond acceptors (Lipinski definition) is 2. The first kappa shape index (κ1) is 18.8. The SMILES string of the molecule is CCCCCCn1c(C)[n+](CCCCCC)c2nc3ccccc3nc21. The van der Waals surface area contributed by atoms with Crippen molar-refractivity contribution < 1.29 is 4.57 Å². The molecular weight excluding hydrogens is 320 g/mol. The second kappa shape index (κ2) is 9.11. The monoisotopic (exact) mass is 353 g/mol. The van der Waals surface area contributed by atoms with Gasteiger partial charge in [0, 0.05) is 6.92 Å². The third-order valence-electron chi connectivity index (χ3n) is 5.30. The molecule has 0 amide bonds. The molecule has 4 nitrogen and oxygen atoms in total. The summed E-state index contributed by atoms with van der Waals surface area (Å²) in [6, 6.07) is 8.22. The lowest BCUT2D eigenvalue weighted by atomic mass is 10.2. The highest BCUT2D eigenvalue weighted by atomic mass is 15.2. The molecule has 0 fully saturated rings. The maximum Gasteiger partial charge on any atom is 0.322 e. The Labute approximate surface area is 157 Å². The largest absolute Gasteiger partial charge is 0.322 e. The van der Waals surface area contributed by atoms with E-state index in [1.165, 1.54) is 57.2 Å². The summed E-state index contributed by atoms with van der Waals surface area (Å²) in [6.07, 6.45) is 10.2. The van der Waals surface area contributed by atoms with Crippen LogP contribution in [-0.4, -0.2) is 14.5 Å². The molecule has 26 heavy (non-hydrogen) atoms. The van der Waals surface area contributed by atoms with Gasteiger partial charge in [-0.15, -0.1) is 0 Å². The molecule has 3 rings (SSSR count). The molecule has 0 spiro atoms. The molecule has 0 unspecified atom stereocenters. The van der Waals surface area contributed by atoms with E-state index in [1.807, 2.05) is 12.1 Å².